The molecule has 1 aromatic carbocycles. The van der Waals surface area contributed by atoms with Gasteiger partial charge in [0.1, 0.15) is 0 Å². The standard InChI is InChI=1S/C15H20FNO3/c1-20-13-4-2-3-12(15(13)16)10-17-8-7-11(9-17)5-6-14(18)19/h2-4,11H,5-10H2,1H3,(H,18,19). The van der Waals surface area contributed by atoms with E-state index in [1.54, 1.807) is 18.2 Å². The van der Waals surface area contributed by atoms with E-state index in [-0.39, 0.29) is 18.0 Å². The molecule has 0 amide bonds. The van der Waals surface area contributed by atoms with E-state index >= 15 is 0 Å². The van der Waals surface area contributed by atoms with Gasteiger partial charge >= 0.3 is 5.97 Å². The molecule has 20 heavy (non-hydrogen) atoms. The van der Waals surface area contributed by atoms with Gasteiger partial charge in [-0.25, -0.2) is 4.39 Å². The molecule has 0 bridgehead atoms. The number of hydrogen-bond acceptors (Lipinski definition) is 3. The second-order valence-corrected chi connectivity index (χ2v) is 5.26. The molecule has 1 aliphatic rings. The van der Waals surface area contributed by atoms with Crippen molar-refractivity contribution in [3.05, 3.63) is 29.6 Å². The van der Waals surface area contributed by atoms with E-state index in [1.807, 2.05) is 0 Å². The number of carboxylic acid groups (broad SMARTS) is 1. The van der Waals surface area contributed by atoms with Crippen LogP contribution in [0.3, 0.4) is 0 Å². The fourth-order valence-electron chi connectivity index (χ4n) is 2.70. The Morgan fingerprint density at radius 3 is 3.05 bits per heavy atom. The van der Waals surface area contributed by atoms with Crippen molar-refractivity contribution in [1.82, 2.24) is 4.90 Å². The highest BCUT2D eigenvalue weighted by Gasteiger charge is 2.24. The Kier molecular flexibility index (Phi) is 4.95. The molecule has 1 fully saturated rings. The summed E-state index contributed by atoms with van der Waals surface area (Å²) >= 11 is 0. The van der Waals surface area contributed by atoms with Gasteiger partial charge in [-0.1, -0.05) is 12.1 Å². The number of halogens is 1. The van der Waals surface area contributed by atoms with Gasteiger partial charge in [-0.15, -0.1) is 0 Å². The fraction of sp³-hybridized carbons (Fsp3) is 0.533. The zero-order valence-electron chi connectivity index (χ0n) is 11.6. The average Bonchev–Trinajstić information content (AvgIpc) is 2.86. The number of carbonyl (C=O) groups is 1. The third-order valence-corrected chi connectivity index (χ3v) is 3.79. The van der Waals surface area contributed by atoms with E-state index in [1.165, 1.54) is 7.11 Å². The van der Waals surface area contributed by atoms with Gasteiger partial charge in [0.15, 0.2) is 11.6 Å². The third-order valence-electron chi connectivity index (χ3n) is 3.79. The first-order chi connectivity index (χ1) is 9.60. The lowest BCUT2D eigenvalue weighted by molar-refractivity contribution is -0.137. The third kappa shape index (κ3) is 3.70. The van der Waals surface area contributed by atoms with Crippen molar-refractivity contribution in [2.24, 2.45) is 5.92 Å². The van der Waals surface area contributed by atoms with Gasteiger partial charge in [-0.05, 0) is 31.4 Å². The van der Waals surface area contributed by atoms with Crippen molar-refractivity contribution < 1.29 is 19.0 Å². The molecule has 5 heteroatoms. The quantitative estimate of drug-likeness (QED) is 0.870. The average molecular weight is 281 g/mol. The van der Waals surface area contributed by atoms with Crippen molar-refractivity contribution in [2.75, 3.05) is 20.2 Å². The highest BCUT2D eigenvalue weighted by Crippen LogP contribution is 2.25. The summed E-state index contributed by atoms with van der Waals surface area (Å²) < 4.78 is 19.0. The molecule has 1 saturated heterocycles. The number of likely N-dealkylation sites (tertiary alicyclic amines) is 1. The summed E-state index contributed by atoms with van der Waals surface area (Å²) in [4.78, 5) is 12.7. The molecule has 1 unspecified atom stereocenters. The molecule has 0 aliphatic carbocycles. The summed E-state index contributed by atoms with van der Waals surface area (Å²) in [6.07, 6.45) is 1.90. The minimum atomic E-state index is -0.748. The molecule has 2 rings (SSSR count). The fourth-order valence-corrected chi connectivity index (χ4v) is 2.70. The number of carboxylic acids is 1. The van der Waals surface area contributed by atoms with Gasteiger partial charge in [0.2, 0.25) is 0 Å². The Morgan fingerprint density at radius 1 is 1.55 bits per heavy atom. The van der Waals surface area contributed by atoms with Crippen molar-refractivity contribution in [2.45, 2.75) is 25.8 Å². The predicted molar refractivity (Wildman–Crippen MR) is 73.2 cm³/mol. The van der Waals surface area contributed by atoms with E-state index in [0.717, 1.165) is 19.5 Å². The molecule has 1 aliphatic heterocycles. The molecule has 1 heterocycles. The van der Waals surface area contributed by atoms with Crippen LogP contribution in [0.4, 0.5) is 4.39 Å². The lowest BCUT2D eigenvalue weighted by Gasteiger charge is -2.17. The topological polar surface area (TPSA) is 49.8 Å². The second kappa shape index (κ2) is 6.70. The highest BCUT2D eigenvalue weighted by molar-refractivity contribution is 5.66. The van der Waals surface area contributed by atoms with Gasteiger partial charge in [-0.3, -0.25) is 9.69 Å². The number of aliphatic carboxylic acids is 1. The molecule has 1 atom stereocenters. The van der Waals surface area contributed by atoms with Gasteiger partial charge in [0.25, 0.3) is 0 Å². The van der Waals surface area contributed by atoms with Crippen molar-refractivity contribution in [3.8, 4) is 5.75 Å². The number of rotatable bonds is 6. The Hall–Kier alpha value is -1.62. The zero-order chi connectivity index (χ0) is 14.5. The molecular weight excluding hydrogens is 261 g/mol. The van der Waals surface area contributed by atoms with Crippen LogP contribution in [0.15, 0.2) is 18.2 Å². The zero-order valence-corrected chi connectivity index (χ0v) is 11.6. The predicted octanol–water partition coefficient (Wildman–Crippen LogP) is 2.52. The molecule has 1 aromatic rings. The van der Waals surface area contributed by atoms with Crippen LogP contribution >= 0.6 is 0 Å². The molecule has 0 aromatic heterocycles. The van der Waals surface area contributed by atoms with Gasteiger partial charge in [0, 0.05) is 25.1 Å². The van der Waals surface area contributed by atoms with Crippen LogP contribution in [0.25, 0.3) is 0 Å². The first kappa shape index (κ1) is 14.8. The summed E-state index contributed by atoms with van der Waals surface area (Å²) in [6, 6.07) is 5.16. The molecule has 1 N–H and O–H groups in total. The minimum Gasteiger partial charge on any atom is -0.494 e. The maximum absolute atomic E-state index is 14.0. The van der Waals surface area contributed by atoms with Crippen molar-refractivity contribution in [3.63, 3.8) is 0 Å². The van der Waals surface area contributed by atoms with Crippen LogP contribution in [0.2, 0.25) is 0 Å². The van der Waals surface area contributed by atoms with Crippen molar-refractivity contribution >= 4 is 5.97 Å². The Balaban J connectivity index is 1.90. The van der Waals surface area contributed by atoms with Crippen LogP contribution in [-0.2, 0) is 11.3 Å². The summed E-state index contributed by atoms with van der Waals surface area (Å²) in [5, 5.41) is 8.69. The second-order valence-electron chi connectivity index (χ2n) is 5.26. The van der Waals surface area contributed by atoms with Crippen LogP contribution in [0.1, 0.15) is 24.8 Å². The molecule has 0 radical (unpaired) electrons. The van der Waals surface area contributed by atoms with Crippen LogP contribution in [-0.4, -0.2) is 36.2 Å². The Labute approximate surface area is 118 Å². The lowest BCUT2D eigenvalue weighted by atomic mass is 10.0. The Bertz CT molecular complexity index is 478. The summed E-state index contributed by atoms with van der Waals surface area (Å²) in [5.41, 5.74) is 0.628. The maximum atomic E-state index is 14.0. The number of methoxy groups -OCH3 is 1. The summed E-state index contributed by atoms with van der Waals surface area (Å²) in [7, 11) is 1.46. The molecule has 0 spiro atoms. The maximum Gasteiger partial charge on any atom is 0.303 e. The highest BCUT2D eigenvalue weighted by atomic mass is 19.1. The first-order valence-corrected chi connectivity index (χ1v) is 6.85. The smallest absolute Gasteiger partial charge is 0.303 e. The van der Waals surface area contributed by atoms with Crippen molar-refractivity contribution in [1.29, 1.82) is 0 Å². The van der Waals surface area contributed by atoms with E-state index in [4.69, 9.17) is 9.84 Å². The van der Waals surface area contributed by atoms with E-state index in [2.05, 4.69) is 4.90 Å². The van der Waals surface area contributed by atoms with Crippen LogP contribution < -0.4 is 4.74 Å². The molecule has 110 valence electrons. The number of ether oxygens (including phenoxy) is 1. The number of benzene rings is 1. The monoisotopic (exact) mass is 281 g/mol. The Morgan fingerprint density at radius 2 is 2.35 bits per heavy atom. The van der Waals surface area contributed by atoms with Gasteiger partial charge < -0.3 is 9.84 Å². The molecular formula is C15H20FNO3. The summed E-state index contributed by atoms with van der Waals surface area (Å²) in [5.74, 6) is -0.379. The van der Waals surface area contributed by atoms with Gasteiger partial charge in [-0.2, -0.15) is 0 Å². The SMILES string of the molecule is COc1cccc(CN2CCC(CCC(=O)O)C2)c1F. The number of hydrogen-bond donors (Lipinski definition) is 1. The summed E-state index contributed by atoms with van der Waals surface area (Å²) in [6.45, 7) is 2.28. The normalized spacial score (nSPS) is 19.2. The van der Waals surface area contributed by atoms with Gasteiger partial charge in [0.05, 0.1) is 7.11 Å². The van der Waals surface area contributed by atoms with E-state index < -0.39 is 5.97 Å². The van der Waals surface area contributed by atoms with E-state index in [9.17, 15) is 9.18 Å². The minimum absolute atomic E-state index is 0.214. The van der Waals surface area contributed by atoms with E-state index in [0.29, 0.717) is 24.4 Å². The first-order valence-electron chi connectivity index (χ1n) is 6.85. The lowest BCUT2D eigenvalue weighted by Crippen LogP contribution is -2.21. The largest absolute Gasteiger partial charge is 0.494 e. The van der Waals surface area contributed by atoms with Crippen LogP contribution in [0.5, 0.6) is 5.75 Å². The molecule has 0 saturated carbocycles. The number of nitrogens with zero attached hydrogens (tertiary/aromatic N) is 1. The molecule has 4 nitrogen and oxygen atoms in total. The van der Waals surface area contributed by atoms with Crippen LogP contribution in [0, 0.1) is 11.7 Å².